The van der Waals surface area contributed by atoms with E-state index >= 15 is 0 Å². The molecular formula is C24H19N3O2. The first-order chi connectivity index (χ1) is 14.2. The van der Waals surface area contributed by atoms with Crippen LogP contribution in [0.15, 0.2) is 72.8 Å². The summed E-state index contributed by atoms with van der Waals surface area (Å²) in [7, 11) is 0. The molecule has 0 saturated carbocycles. The summed E-state index contributed by atoms with van der Waals surface area (Å²) in [6.45, 7) is 2.00. The molecule has 0 radical (unpaired) electrons. The van der Waals surface area contributed by atoms with Crippen LogP contribution in [0.1, 0.15) is 45.7 Å². The van der Waals surface area contributed by atoms with Crippen molar-refractivity contribution in [2.45, 2.75) is 19.4 Å². The number of amides is 2. The van der Waals surface area contributed by atoms with Crippen LogP contribution in [-0.4, -0.2) is 26.9 Å². The number of nitrogens with zero attached hydrogens (tertiary/aromatic N) is 2. The van der Waals surface area contributed by atoms with Crippen LogP contribution in [0.4, 0.5) is 0 Å². The van der Waals surface area contributed by atoms with Gasteiger partial charge in [0.2, 0.25) is 0 Å². The zero-order valence-corrected chi connectivity index (χ0v) is 15.9. The molecule has 142 valence electrons. The van der Waals surface area contributed by atoms with E-state index in [-0.39, 0.29) is 17.9 Å². The van der Waals surface area contributed by atoms with Crippen LogP contribution in [0.5, 0.6) is 0 Å². The van der Waals surface area contributed by atoms with Gasteiger partial charge in [0.25, 0.3) is 11.8 Å². The fourth-order valence-electron chi connectivity index (χ4n) is 4.21. The molecule has 0 saturated heterocycles. The van der Waals surface area contributed by atoms with E-state index in [2.05, 4.69) is 10.2 Å². The second kappa shape index (κ2) is 6.71. The van der Waals surface area contributed by atoms with Crippen molar-refractivity contribution in [1.82, 2.24) is 15.1 Å². The van der Waals surface area contributed by atoms with E-state index in [4.69, 9.17) is 0 Å². The Bertz CT molecular complexity index is 1210. The summed E-state index contributed by atoms with van der Waals surface area (Å²) in [5.74, 6) is -0.474. The summed E-state index contributed by atoms with van der Waals surface area (Å²) < 4.78 is 0. The molecular weight excluding hydrogens is 362 g/mol. The van der Waals surface area contributed by atoms with Gasteiger partial charge in [-0.3, -0.25) is 19.6 Å². The van der Waals surface area contributed by atoms with Gasteiger partial charge in [-0.1, -0.05) is 61.5 Å². The van der Waals surface area contributed by atoms with Crippen LogP contribution in [0.25, 0.3) is 22.2 Å². The van der Waals surface area contributed by atoms with Crippen molar-refractivity contribution in [2.24, 2.45) is 0 Å². The van der Waals surface area contributed by atoms with Gasteiger partial charge >= 0.3 is 0 Å². The highest BCUT2D eigenvalue weighted by molar-refractivity contribution is 6.21. The summed E-state index contributed by atoms with van der Waals surface area (Å²) in [4.78, 5) is 27.6. The Balaban J connectivity index is 1.68. The lowest BCUT2D eigenvalue weighted by Crippen LogP contribution is -2.34. The Labute approximate surface area is 168 Å². The van der Waals surface area contributed by atoms with Gasteiger partial charge in [0.05, 0.1) is 22.7 Å². The molecule has 1 aliphatic rings. The predicted molar refractivity (Wildman–Crippen MR) is 112 cm³/mol. The first-order valence-corrected chi connectivity index (χ1v) is 9.70. The van der Waals surface area contributed by atoms with Crippen molar-refractivity contribution in [2.75, 3.05) is 0 Å². The van der Waals surface area contributed by atoms with Crippen LogP contribution in [0.3, 0.4) is 0 Å². The summed E-state index contributed by atoms with van der Waals surface area (Å²) in [6.07, 6.45) is 0.615. The number of carbonyl (C=O) groups excluding carboxylic acids is 2. The average molecular weight is 381 g/mol. The highest BCUT2D eigenvalue weighted by Gasteiger charge is 2.40. The molecule has 2 amide bonds. The maximum atomic E-state index is 13.1. The van der Waals surface area contributed by atoms with Gasteiger partial charge in [0.1, 0.15) is 5.69 Å². The molecule has 1 aromatic heterocycles. The number of aromatic amines is 1. The summed E-state index contributed by atoms with van der Waals surface area (Å²) in [5, 5.41) is 8.58. The van der Waals surface area contributed by atoms with Gasteiger partial charge in [-0.15, -0.1) is 0 Å². The van der Waals surface area contributed by atoms with E-state index in [9.17, 15) is 9.59 Å². The third kappa shape index (κ3) is 2.58. The van der Waals surface area contributed by atoms with Crippen molar-refractivity contribution in [3.05, 3.63) is 89.5 Å². The SMILES string of the molecule is CCC(c1cccc2[nH]nc(-c3ccccc3)c12)N1C(=O)c2ccccc2C1=O. The van der Waals surface area contributed by atoms with Crippen LogP contribution < -0.4 is 0 Å². The molecule has 0 fully saturated rings. The number of hydrogen-bond acceptors (Lipinski definition) is 3. The Morgan fingerprint density at radius 1 is 0.862 bits per heavy atom. The number of carbonyl (C=O) groups is 2. The molecule has 1 aliphatic heterocycles. The Hall–Kier alpha value is -3.73. The molecule has 2 heterocycles. The number of imide groups is 1. The maximum Gasteiger partial charge on any atom is 0.262 e. The van der Waals surface area contributed by atoms with Gasteiger partial charge in [-0.25, -0.2) is 0 Å². The minimum atomic E-state index is -0.369. The van der Waals surface area contributed by atoms with Crippen molar-refractivity contribution in [1.29, 1.82) is 0 Å². The molecule has 1 N–H and O–H groups in total. The number of fused-ring (bicyclic) bond motifs is 2. The molecule has 5 heteroatoms. The fourth-order valence-corrected chi connectivity index (χ4v) is 4.21. The van der Waals surface area contributed by atoms with Crippen molar-refractivity contribution >= 4 is 22.7 Å². The van der Waals surface area contributed by atoms with E-state index < -0.39 is 0 Å². The second-order valence-electron chi connectivity index (χ2n) is 7.16. The van der Waals surface area contributed by atoms with Crippen LogP contribution in [0, 0.1) is 0 Å². The molecule has 5 rings (SSSR count). The molecule has 29 heavy (non-hydrogen) atoms. The number of rotatable bonds is 4. The lowest BCUT2D eigenvalue weighted by molar-refractivity contribution is 0.0579. The van der Waals surface area contributed by atoms with Gasteiger partial charge in [0, 0.05) is 10.9 Å². The lowest BCUT2D eigenvalue weighted by atomic mass is 9.95. The van der Waals surface area contributed by atoms with E-state index in [1.54, 1.807) is 24.3 Å². The second-order valence-corrected chi connectivity index (χ2v) is 7.16. The lowest BCUT2D eigenvalue weighted by Gasteiger charge is -2.26. The zero-order valence-electron chi connectivity index (χ0n) is 15.9. The minimum Gasteiger partial charge on any atom is -0.277 e. The maximum absolute atomic E-state index is 13.1. The quantitative estimate of drug-likeness (QED) is 0.507. The van der Waals surface area contributed by atoms with Gasteiger partial charge in [-0.05, 0) is 30.2 Å². The number of aromatic nitrogens is 2. The number of H-pyrrole nitrogens is 1. The van der Waals surface area contributed by atoms with Crippen LogP contribution in [-0.2, 0) is 0 Å². The fraction of sp³-hybridized carbons (Fsp3) is 0.125. The first kappa shape index (κ1) is 17.4. The van der Waals surface area contributed by atoms with Crippen molar-refractivity contribution in [3.63, 3.8) is 0 Å². The average Bonchev–Trinajstić information content (AvgIpc) is 3.31. The van der Waals surface area contributed by atoms with Gasteiger partial charge in [0.15, 0.2) is 0 Å². The van der Waals surface area contributed by atoms with E-state index in [1.807, 2.05) is 55.5 Å². The highest BCUT2D eigenvalue weighted by Crippen LogP contribution is 2.39. The molecule has 0 bridgehead atoms. The summed E-state index contributed by atoms with van der Waals surface area (Å²) in [6, 6.07) is 22.5. The zero-order chi connectivity index (χ0) is 20.0. The predicted octanol–water partition coefficient (Wildman–Crippen LogP) is 4.98. The Morgan fingerprint density at radius 3 is 2.17 bits per heavy atom. The third-order valence-electron chi connectivity index (χ3n) is 5.55. The van der Waals surface area contributed by atoms with E-state index in [0.29, 0.717) is 17.5 Å². The monoisotopic (exact) mass is 381 g/mol. The van der Waals surface area contributed by atoms with Gasteiger partial charge < -0.3 is 0 Å². The highest BCUT2D eigenvalue weighted by atomic mass is 16.2. The molecule has 0 spiro atoms. The van der Waals surface area contributed by atoms with E-state index in [0.717, 1.165) is 27.7 Å². The summed E-state index contributed by atoms with van der Waals surface area (Å²) in [5.41, 5.74) is 4.57. The molecule has 0 aliphatic carbocycles. The van der Waals surface area contributed by atoms with Crippen LogP contribution >= 0.6 is 0 Å². The minimum absolute atomic E-state index is 0.237. The standard InChI is InChI=1S/C24H19N3O2/c1-2-20(27-23(28)16-11-6-7-12-17(16)24(27)29)18-13-8-14-19-21(18)22(26-25-19)15-9-4-3-5-10-15/h3-14,20H,2H2,1H3,(H,25,26). The Kier molecular flexibility index (Phi) is 4.02. The normalized spacial score (nSPS) is 14.4. The molecule has 5 nitrogen and oxygen atoms in total. The number of benzene rings is 3. The van der Waals surface area contributed by atoms with Gasteiger partial charge in [-0.2, -0.15) is 5.10 Å². The third-order valence-corrected chi connectivity index (χ3v) is 5.55. The summed E-state index contributed by atoms with van der Waals surface area (Å²) >= 11 is 0. The molecule has 1 atom stereocenters. The largest absolute Gasteiger partial charge is 0.277 e. The van der Waals surface area contributed by atoms with E-state index in [1.165, 1.54) is 4.90 Å². The number of nitrogens with one attached hydrogen (secondary N) is 1. The first-order valence-electron chi connectivity index (χ1n) is 9.70. The van der Waals surface area contributed by atoms with Crippen LogP contribution in [0.2, 0.25) is 0 Å². The molecule has 4 aromatic rings. The van der Waals surface area contributed by atoms with Crippen molar-refractivity contribution in [3.8, 4) is 11.3 Å². The van der Waals surface area contributed by atoms with Crippen molar-refractivity contribution < 1.29 is 9.59 Å². The molecule has 1 unspecified atom stereocenters. The number of hydrogen-bond donors (Lipinski definition) is 1. The topological polar surface area (TPSA) is 66.1 Å². The Morgan fingerprint density at radius 2 is 1.52 bits per heavy atom. The molecule has 3 aromatic carbocycles. The smallest absolute Gasteiger partial charge is 0.262 e.